The summed E-state index contributed by atoms with van der Waals surface area (Å²) in [5, 5.41) is 0. The zero-order valence-corrected chi connectivity index (χ0v) is 13.4. The molecule has 1 aliphatic rings. The third kappa shape index (κ3) is 2.97. The number of nitrogens with zero attached hydrogens (tertiary/aromatic N) is 2. The second-order valence-corrected chi connectivity index (χ2v) is 7.77. The number of methoxy groups -OCH3 is 1. The Balaban J connectivity index is 2.19. The molecule has 0 radical (unpaired) electrons. The highest BCUT2D eigenvalue weighted by atomic mass is 32.2. The molecule has 1 aromatic rings. The van der Waals surface area contributed by atoms with E-state index < -0.39 is 10.0 Å². The number of carbonyl (C=O) groups is 1. The Morgan fingerprint density at radius 2 is 2.25 bits per heavy atom. The minimum absolute atomic E-state index is 0.102. The number of hydrogen-bond acceptors (Lipinski definition) is 5. The molecule has 0 fully saturated rings. The lowest BCUT2D eigenvalue weighted by Crippen LogP contribution is -2.30. The molecule has 6 nitrogen and oxygen atoms in total. The van der Waals surface area contributed by atoms with Crippen molar-refractivity contribution in [3.63, 3.8) is 0 Å². The maximum atomic E-state index is 12.2. The van der Waals surface area contributed by atoms with Crippen LogP contribution in [0.1, 0.15) is 14.5 Å². The minimum atomic E-state index is -3.27. The fourth-order valence-corrected chi connectivity index (χ4v) is 4.25. The quantitative estimate of drug-likeness (QED) is 0.805. The first kappa shape index (κ1) is 15.3. The lowest BCUT2D eigenvalue weighted by Gasteiger charge is -2.16. The second-order valence-electron chi connectivity index (χ2n) is 4.72. The van der Waals surface area contributed by atoms with Crippen molar-refractivity contribution in [1.82, 2.24) is 4.90 Å². The van der Waals surface area contributed by atoms with Crippen molar-refractivity contribution in [2.24, 2.45) is 0 Å². The van der Waals surface area contributed by atoms with Gasteiger partial charge in [0, 0.05) is 38.5 Å². The van der Waals surface area contributed by atoms with Gasteiger partial charge in [-0.15, -0.1) is 11.3 Å². The minimum Gasteiger partial charge on any atom is -0.383 e. The van der Waals surface area contributed by atoms with Crippen molar-refractivity contribution < 1.29 is 17.9 Å². The SMILES string of the molecule is COCCN(C)C(=O)c1cc2c(s1)CCN2S(C)(=O)=O. The maximum Gasteiger partial charge on any atom is 0.263 e. The van der Waals surface area contributed by atoms with Crippen LogP contribution >= 0.6 is 11.3 Å². The van der Waals surface area contributed by atoms with Crippen molar-refractivity contribution in [1.29, 1.82) is 0 Å². The van der Waals surface area contributed by atoms with Gasteiger partial charge in [0.05, 0.1) is 23.4 Å². The van der Waals surface area contributed by atoms with Gasteiger partial charge in [-0.25, -0.2) is 8.42 Å². The van der Waals surface area contributed by atoms with Gasteiger partial charge >= 0.3 is 0 Å². The van der Waals surface area contributed by atoms with Gasteiger partial charge in [0.15, 0.2) is 0 Å². The Morgan fingerprint density at radius 1 is 1.55 bits per heavy atom. The van der Waals surface area contributed by atoms with Crippen molar-refractivity contribution in [3.8, 4) is 0 Å². The standard InChI is InChI=1S/C12H18N2O4S2/c1-13(6-7-18-2)12(15)11-8-9-10(19-11)4-5-14(9)20(3,16)17/h8H,4-7H2,1-3H3. The molecule has 8 heteroatoms. The average molecular weight is 318 g/mol. The molecule has 2 heterocycles. The highest BCUT2D eigenvalue weighted by molar-refractivity contribution is 7.92. The molecular weight excluding hydrogens is 300 g/mol. The van der Waals surface area contributed by atoms with E-state index in [-0.39, 0.29) is 5.91 Å². The second kappa shape index (κ2) is 5.71. The Labute approximate surface area is 123 Å². The van der Waals surface area contributed by atoms with Crippen LogP contribution in [0.2, 0.25) is 0 Å². The summed E-state index contributed by atoms with van der Waals surface area (Å²) < 4.78 is 29.6. The lowest BCUT2D eigenvalue weighted by molar-refractivity contribution is 0.0749. The van der Waals surface area contributed by atoms with Crippen LogP contribution < -0.4 is 4.31 Å². The summed E-state index contributed by atoms with van der Waals surface area (Å²) in [5.41, 5.74) is 0.654. The molecule has 0 N–H and O–H groups in total. The zero-order valence-electron chi connectivity index (χ0n) is 11.7. The van der Waals surface area contributed by atoms with Gasteiger partial charge in [-0.3, -0.25) is 9.10 Å². The van der Waals surface area contributed by atoms with Crippen LogP contribution in [0.5, 0.6) is 0 Å². The summed E-state index contributed by atoms with van der Waals surface area (Å²) in [4.78, 5) is 15.3. The number of ether oxygens (including phenoxy) is 1. The highest BCUT2D eigenvalue weighted by Gasteiger charge is 2.30. The first-order valence-electron chi connectivity index (χ1n) is 6.19. The predicted octanol–water partition coefficient (Wildman–Crippen LogP) is 0.789. The molecule has 20 heavy (non-hydrogen) atoms. The van der Waals surface area contributed by atoms with Crippen molar-refractivity contribution in [2.75, 3.05) is 44.4 Å². The van der Waals surface area contributed by atoms with Gasteiger partial charge in [-0.2, -0.15) is 0 Å². The number of fused-ring (bicyclic) bond motifs is 1. The van der Waals surface area contributed by atoms with Crippen molar-refractivity contribution in [3.05, 3.63) is 15.8 Å². The monoisotopic (exact) mass is 318 g/mol. The van der Waals surface area contributed by atoms with Crippen molar-refractivity contribution >= 4 is 33.0 Å². The Kier molecular flexibility index (Phi) is 4.36. The molecule has 0 spiro atoms. The van der Waals surface area contributed by atoms with E-state index >= 15 is 0 Å². The fourth-order valence-electron chi connectivity index (χ4n) is 2.10. The van der Waals surface area contributed by atoms with E-state index in [2.05, 4.69) is 0 Å². The largest absolute Gasteiger partial charge is 0.383 e. The summed E-state index contributed by atoms with van der Waals surface area (Å²) in [6, 6.07) is 1.68. The molecule has 0 aliphatic carbocycles. The molecule has 112 valence electrons. The van der Waals surface area contributed by atoms with Gasteiger partial charge in [0.2, 0.25) is 10.0 Å². The number of sulfonamides is 1. The van der Waals surface area contributed by atoms with Gasteiger partial charge < -0.3 is 9.64 Å². The summed E-state index contributed by atoms with van der Waals surface area (Å²) >= 11 is 1.37. The van der Waals surface area contributed by atoms with Crippen LogP contribution in [0, 0.1) is 0 Å². The maximum absolute atomic E-state index is 12.2. The van der Waals surface area contributed by atoms with Gasteiger partial charge in [-0.05, 0) is 6.07 Å². The Bertz CT molecular complexity index is 609. The normalized spacial score (nSPS) is 14.4. The smallest absolute Gasteiger partial charge is 0.263 e. The first-order valence-corrected chi connectivity index (χ1v) is 8.86. The number of amides is 1. The predicted molar refractivity (Wildman–Crippen MR) is 79.0 cm³/mol. The number of thiophene rings is 1. The molecule has 2 rings (SSSR count). The van der Waals surface area contributed by atoms with E-state index in [1.54, 1.807) is 25.1 Å². The van der Waals surface area contributed by atoms with Gasteiger partial charge in [0.25, 0.3) is 5.91 Å². The molecule has 1 aromatic heterocycles. The van der Waals surface area contributed by atoms with E-state index in [0.29, 0.717) is 36.7 Å². The number of carbonyl (C=O) groups excluding carboxylic acids is 1. The fraction of sp³-hybridized carbons (Fsp3) is 0.583. The summed E-state index contributed by atoms with van der Waals surface area (Å²) in [7, 11) is 0.0265. The molecule has 0 bridgehead atoms. The number of anilines is 1. The third-order valence-electron chi connectivity index (χ3n) is 3.19. The zero-order chi connectivity index (χ0) is 14.9. The van der Waals surface area contributed by atoms with Gasteiger partial charge in [-0.1, -0.05) is 0 Å². The van der Waals surface area contributed by atoms with Crippen LogP contribution in [0.25, 0.3) is 0 Å². The molecule has 1 aliphatic heterocycles. The molecular formula is C12H18N2O4S2. The Hall–Kier alpha value is -1.12. The molecule has 1 amide bonds. The average Bonchev–Trinajstić information content (AvgIpc) is 2.92. The molecule has 0 atom stereocenters. The third-order valence-corrected chi connectivity index (χ3v) is 5.54. The van der Waals surface area contributed by atoms with Gasteiger partial charge in [0.1, 0.15) is 0 Å². The molecule has 0 aromatic carbocycles. The van der Waals surface area contributed by atoms with Crippen LogP contribution in [-0.4, -0.2) is 59.3 Å². The van der Waals surface area contributed by atoms with E-state index in [4.69, 9.17) is 4.74 Å². The molecule has 0 saturated heterocycles. The topological polar surface area (TPSA) is 66.9 Å². The lowest BCUT2D eigenvalue weighted by atomic mass is 10.3. The number of hydrogen-bond donors (Lipinski definition) is 0. The van der Waals surface area contributed by atoms with Crippen LogP contribution in [-0.2, 0) is 21.2 Å². The molecule has 0 saturated carbocycles. The first-order chi connectivity index (χ1) is 9.34. The number of likely N-dealkylation sites (N-methyl/N-ethyl adjacent to an activating group) is 1. The summed E-state index contributed by atoms with van der Waals surface area (Å²) in [6.45, 7) is 1.45. The highest BCUT2D eigenvalue weighted by Crippen LogP contribution is 2.37. The van der Waals surface area contributed by atoms with Crippen LogP contribution in [0.3, 0.4) is 0 Å². The van der Waals surface area contributed by atoms with E-state index in [9.17, 15) is 13.2 Å². The van der Waals surface area contributed by atoms with Crippen LogP contribution in [0.15, 0.2) is 6.07 Å². The summed E-state index contributed by atoms with van der Waals surface area (Å²) in [6.07, 6.45) is 1.86. The van der Waals surface area contributed by atoms with E-state index in [1.807, 2.05) is 0 Å². The molecule has 0 unspecified atom stereocenters. The number of rotatable bonds is 5. The summed E-state index contributed by atoms with van der Waals surface area (Å²) in [5.74, 6) is -0.102. The van der Waals surface area contributed by atoms with E-state index in [1.165, 1.54) is 21.9 Å². The Morgan fingerprint density at radius 3 is 2.85 bits per heavy atom. The van der Waals surface area contributed by atoms with Crippen molar-refractivity contribution in [2.45, 2.75) is 6.42 Å². The van der Waals surface area contributed by atoms with Crippen LogP contribution in [0.4, 0.5) is 5.69 Å². The van der Waals surface area contributed by atoms with E-state index in [0.717, 1.165) is 4.88 Å².